The molecule has 0 fully saturated rings. The molecule has 0 spiro atoms. The molecule has 0 unspecified atom stereocenters. The molecule has 0 aromatic carbocycles. The fourth-order valence-electron chi connectivity index (χ4n) is 1.60. The molecule has 5 heteroatoms. The third-order valence-corrected chi connectivity index (χ3v) is 2.38. The van der Waals surface area contributed by atoms with Crippen LogP contribution in [0.4, 0.5) is 0 Å². The van der Waals surface area contributed by atoms with Crippen LogP contribution in [-0.4, -0.2) is 20.6 Å². The second-order valence-corrected chi connectivity index (χ2v) is 3.62. The van der Waals surface area contributed by atoms with Crippen LogP contribution < -0.4 is 5.43 Å². The number of carboxylic acids is 1. The third-order valence-electron chi connectivity index (χ3n) is 2.38. The predicted molar refractivity (Wildman–Crippen MR) is 61.9 cm³/mol. The highest BCUT2D eigenvalue weighted by Crippen LogP contribution is 2.14. The molecular weight excluding hydrogens is 220 g/mol. The van der Waals surface area contributed by atoms with Crippen molar-refractivity contribution in [3.63, 3.8) is 0 Å². The first-order valence-electron chi connectivity index (χ1n) is 4.93. The van der Waals surface area contributed by atoms with Crippen molar-refractivity contribution >= 4 is 5.97 Å². The summed E-state index contributed by atoms with van der Waals surface area (Å²) in [6, 6.07) is 3.34. The average molecular weight is 230 g/mol. The zero-order chi connectivity index (χ0) is 12.4. The largest absolute Gasteiger partial charge is 0.477 e. The Balaban J connectivity index is 2.72. The van der Waals surface area contributed by atoms with Crippen molar-refractivity contribution in [2.75, 3.05) is 0 Å². The van der Waals surface area contributed by atoms with Crippen molar-refractivity contribution < 1.29 is 9.90 Å². The Bertz CT molecular complexity index is 617. The van der Waals surface area contributed by atoms with E-state index in [9.17, 15) is 9.59 Å². The van der Waals surface area contributed by atoms with Gasteiger partial charge in [-0.25, -0.2) is 4.79 Å². The minimum absolute atomic E-state index is 0.234. The summed E-state index contributed by atoms with van der Waals surface area (Å²) < 4.78 is 1.56. The van der Waals surface area contributed by atoms with Gasteiger partial charge >= 0.3 is 5.97 Å². The summed E-state index contributed by atoms with van der Waals surface area (Å²) in [4.78, 5) is 26.7. The van der Waals surface area contributed by atoms with Gasteiger partial charge < -0.3 is 9.67 Å². The average Bonchev–Trinajstić information content (AvgIpc) is 2.32. The molecule has 86 valence electrons. The molecular formula is C12H10N2O3. The molecule has 0 saturated carbocycles. The topological polar surface area (TPSA) is 72.2 Å². The van der Waals surface area contributed by atoms with Gasteiger partial charge in [0.05, 0.1) is 0 Å². The SMILES string of the molecule is Cn1cc(C(=O)O)c(=O)c(-c2ccncc2)c1. The maximum Gasteiger partial charge on any atom is 0.341 e. The zero-order valence-corrected chi connectivity index (χ0v) is 9.12. The molecule has 2 heterocycles. The smallest absolute Gasteiger partial charge is 0.341 e. The molecule has 5 nitrogen and oxygen atoms in total. The summed E-state index contributed by atoms with van der Waals surface area (Å²) >= 11 is 0. The van der Waals surface area contributed by atoms with E-state index in [1.165, 1.54) is 6.20 Å². The van der Waals surface area contributed by atoms with Crippen LogP contribution in [0.5, 0.6) is 0 Å². The number of nitrogens with zero attached hydrogens (tertiary/aromatic N) is 2. The Labute approximate surface area is 97.0 Å². The van der Waals surface area contributed by atoms with E-state index in [1.54, 1.807) is 42.3 Å². The number of pyridine rings is 2. The third kappa shape index (κ3) is 2.08. The molecule has 2 aromatic rings. The molecule has 0 bridgehead atoms. The van der Waals surface area contributed by atoms with E-state index in [2.05, 4.69) is 4.98 Å². The Kier molecular flexibility index (Phi) is 2.74. The highest BCUT2D eigenvalue weighted by molar-refractivity contribution is 5.88. The van der Waals surface area contributed by atoms with Crippen LogP contribution in [-0.2, 0) is 7.05 Å². The molecule has 0 atom stereocenters. The van der Waals surface area contributed by atoms with Crippen LogP contribution in [0.25, 0.3) is 11.1 Å². The monoisotopic (exact) mass is 230 g/mol. The van der Waals surface area contributed by atoms with Gasteiger partial charge in [0.25, 0.3) is 0 Å². The minimum Gasteiger partial charge on any atom is -0.477 e. The number of hydrogen-bond donors (Lipinski definition) is 1. The summed E-state index contributed by atoms with van der Waals surface area (Å²) in [7, 11) is 1.68. The molecule has 1 N–H and O–H groups in total. The standard InChI is InChI=1S/C12H10N2O3/c1-14-6-9(8-2-4-13-5-3-8)11(15)10(7-14)12(16)17/h2-7H,1H3,(H,16,17). The lowest BCUT2D eigenvalue weighted by Gasteiger charge is -2.05. The second-order valence-electron chi connectivity index (χ2n) is 3.62. The van der Waals surface area contributed by atoms with E-state index in [0.717, 1.165) is 0 Å². The van der Waals surface area contributed by atoms with E-state index in [-0.39, 0.29) is 5.56 Å². The summed E-state index contributed by atoms with van der Waals surface area (Å²) in [5, 5.41) is 8.94. The van der Waals surface area contributed by atoms with E-state index in [0.29, 0.717) is 11.1 Å². The molecule has 0 aliphatic carbocycles. The lowest BCUT2D eigenvalue weighted by atomic mass is 10.1. The van der Waals surface area contributed by atoms with Crippen LogP contribution in [0, 0.1) is 0 Å². The molecule has 0 radical (unpaired) electrons. The van der Waals surface area contributed by atoms with Gasteiger partial charge in [0.15, 0.2) is 0 Å². The Morgan fingerprint density at radius 1 is 1.29 bits per heavy atom. The molecule has 0 saturated heterocycles. The van der Waals surface area contributed by atoms with Gasteiger partial charge in [0.2, 0.25) is 5.43 Å². The normalized spacial score (nSPS) is 10.2. The Morgan fingerprint density at radius 2 is 1.94 bits per heavy atom. The van der Waals surface area contributed by atoms with Crippen LogP contribution in [0.3, 0.4) is 0 Å². The van der Waals surface area contributed by atoms with Gasteiger partial charge in [-0.15, -0.1) is 0 Å². The zero-order valence-electron chi connectivity index (χ0n) is 9.12. The summed E-state index contributed by atoms with van der Waals surface area (Å²) in [6.45, 7) is 0. The maximum atomic E-state index is 11.9. The first kappa shape index (κ1) is 11.1. The van der Waals surface area contributed by atoms with Crippen molar-refractivity contribution in [2.45, 2.75) is 0 Å². The highest BCUT2D eigenvalue weighted by Gasteiger charge is 2.13. The maximum absolute atomic E-state index is 11.9. The lowest BCUT2D eigenvalue weighted by Crippen LogP contribution is -2.18. The van der Waals surface area contributed by atoms with Gasteiger partial charge in [-0.2, -0.15) is 0 Å². The first-order chi connectivity index (χ1) is 8.09. The van der Waals surface area contributed by atoms with Crippen LogP contribution >= 0.6 is 0 Å². The van der Waals surface area contributed by atoms with Crippen LogP contribution in [0.2, 0.25) is 0 Å². The number of carboxylic acid groups (broad SMARTS) is 1. The van der Waals surface area contributed by atoms with Crippen molar-refractivity contribution in [3.05, 3.63) is 52.7 Å². The van der Waals surface area contributed by atoms with Gasteiger partial charge in [-0.05, 0) is 17.7 Å². The van der Waals surface area contributed by atoms with E-state index >= 15 is 0 Å². The number of aromatic nitrogens is 2. The van der Waals surface area contributed by atoms with Crippen LogP contribution in [0.1, 0.15) is 10.4 Å². The summed E-state index contributed by atoms with van der Waals surface area (Å²) in [5.41, 5.74) is 0.294. The number of aryl methyl sites for hydroxylation is 1. The fraction of sp³-hybridized carbons (Fsp3) is 0.0833. The lowest BCUT2D eigenvalue weighted by molar-refractivity contribution is 0.0694. The Hall–Kier alpha value is -2.43. The number of carbonyl (C=O) groups is 1. The first-order valence-corrected chi connectivity index (χ1v) is 4.93. The van der Waals surface area contributed by atoms with Gasteiger partial charge in [-0.1, -0.05) is 0 Å². The summed E-state index contributed by atoms with van der Waals surface area (Å²) in [6.07, 6.45) is 6.02. The molecule has 0 aliphatic heterocycles. The van der Waals surface area contributed by atoms with Gasteiger partial charge in [-0.3, -0.25) is 9.78 Å². The van der Waals surface area contributed by atoms with Gasteiger partial charge in [0, 0.05) is 37.4 Å². The molecule has 2 rings (SSSR count). The number of rotatable bonds is 2. The number of hydrogen-bond acceptors (Lipinski definition) is 3. The summed E-state index contributed by atoms with van der Waals surface area (Å²) in [5.74, 6) is -1.22. The minimum atomic E-state index is -1.22. The Morgan fingerprint density at radius 3 is 2.53 bits per heavy atom. The second kappa shape index (κ2) is 4.21. The van der Waals surface area contributed by atoms with Crippen LogP contribution in [0.15, 0.2) is 41.7 Å². The molecule has 0 aliphatic rings. The van der Waals surface area contributed by atoms with E-state index < -0.39 is 11.4 Å². The quantitative estimate of drug-likeness (QED) is 0.839. The van der Waals surface area contributed by atoms with Crippen molar-refractivity contribution in [3.8, 4) is 11.1 Å². The molecule has 0 amide bonds. The molecule has 17 heavy (non-hydrogen) atoms. The fourth-order valence-corrected chi connectivity index (χ4v) is 1.60. The van der Waals surface area contributed by atoms with Gasteiger partial charge in [0.1, 0.15) is 5.56 Å². The van der Waals surface area contributed by atoms with E-state index in [1.807, 2.05) is 0 Å². The number of aromatic carboxylic acids is 1. The van der Waals surface area contributed by atoms with Crippen molar-refractivity contribution in [1.29, 1.82) is 0 Å². The van der Waals surface area contributed by atoms with E-state index in [4.69, 9.17) is 5.11 Å². The van der Waals surface area contributed by atoms with Crippen molar-refractivity contribution in [1.82, 2.24) is 9.55 Å². The van der Waals surface area contributed by atoms with Crippen molar-refractivity contribution in [2.24, 2.45) is 7.05 Å². The predicted octanol–water partition coefficient (Wildman–Crippen LogP) is 1.15. The molecule has 2 aromatic heterocycles. The highest BCUT2D eigenvalue weighted by atomic mass is 16.4.